The maximum absolute atomic E-state index is 13.0. The fourth-order valence-electron chi connectivity index (χ4n) is 4.70. The van der Waals surface area contributed by atoms with Crippen LogP contribution in [0, 0.1) is 6.92 Å². The summed E-state index contributed by atoms with van der Waals surface area (Å²) in [5, 5.41) is 13.4. The van der Waals surface area contributed by atoms with Gasteiger partial charge in [-0.15, -0.1) is 0 Å². The molecule has 0 unspecified atom stereocenters. The summed E-state index contributed by atoms with van der Waals surface area (Å²) in [6.45, 7) is 5.76. The number of nitrogens with one attached hydrogen (secondary N) is 1. The van der Waals surface area contributed by atoms with Gasteiger partial charge >= 0.3 is 0 Å². The van der Waals surface area contributed by atoms with Crippen molar-refractivity contribution in [3.8, 4) is 11.5 Å². The van der Waals surface area contributed by atoms with Crippen LogP contribution in [0.25, 0.3) is 0 Å². The van der Waals surface area contributed by atoms with Crippen LogP contribution in [0.15, 0.2) is 40.4 Å². The van der Waals surface area contributed by atoms with Gasteiger partial charge in [0.2, 0.25) is 5.96 Å². The van der Waals surface area contributed by atoms with Crippen molar-refractivity contribution in [2.24, 2.45) is 9.98 Å². The normalized spacial score (nSPS) is 17.9. The number of aryl methyl sites for hydroxylation is 1. The molecule has 10 nitrogen and oxygen atoms in total. The zero-order chi connectivity index (χ0) is 24.4. The number of likely N-dealkylation sites (tertiary alicyclic amines) is 1. The number of aliphatic hydroxyl groups excluding tert-OH is 1. The first-order chi connectivity index (χ1) is 17.0. The molecule has 2 N–H and O–H groups in total. The number of amides is 1. The molecular formula is C25H30N6O4. The molecule has 0 saturated carbocycles. The molecule has 4 heterocycles. The van der Waals surface area contributed by atoms with Crippen molar-refractivity contribution in [2.75, 3.05) is 46.4 Å². The number of hydrogen-bond acceptors (Lipinski definition) is 9. The van der Waals surface area contributed by atoms with Crippen LogP contribution in [-0.2, 0) is 0 Å². The Morgan fingerprint density at radius 3 is 2.83 bits per heavy atom. The molecule has 2 aromatic rings. The SMILES string of the molecule is COc1c(OC[C@@H](O)CN2CCCC2)ccc2c1N=C(NC(=O)c1cccnc1C)N1CCN=C21. The molecule has 1 aromatic carbocycles. The number of aliphatic imine (C=N–C) groups is 2. The predicted octanol–water partition coefficient (Wildman–Crippen LogP) is 1.73. The topological polar surface area (TPSA) is 112 Å². The van der Waals surface area contributed by atoms with E-state index in [-0.39, 0.29) is 12.5 Å². The fourth-order valence-corrected chi connectivity index (χ4v) is 4.70. The van der Waals surface area contributed by atoms with Crippen molar-refractivity contribution >= 4 is 23.4 Å². The Labute approximate surface area is 204 Å². The zero-order valence-electron chi connectivity index (χ0n) is 20.0. The van der Waals surface area contributed by atoms with Crippen molar-refractivity contribution in [1.82, 2.24) is 20.1 Å². The van der Waals surface area contributed by atoms with Gasteiger partial charge in [0.1, 0.15) is 24.2 Å². The lowest BCUT2D eigenvalue weighted by molar-refractivity contribution is 0.0747. The van der Waals surface area contributed by atoms with E-state index < -0.39 is 6.10 Å². The number of pyridine rings is 1. The molecule has 0 radical (unpaired) electrons. The molecule has 35 heavy (non-hydrogen) atoms. The Kier molecular flexibility index (Phi) is 6.65. The van der Waals surface area contributed by atoms with Crippen LogP contribution in [0.2, 0.25) is 0 Å². The number of ether oxygens (including phenoxy) is 2. The van der Waals surface area contributed by atoms with Gasteiger partial charge in [-0.1, -0.05) is 0 Å². The Bertz CT molecular complexity index is 1170. The second kappa shape index (κ2) is 10.0. The van der Waals surface area contributed by atoms with Gasteiger partial charge in [0.05, 0.1) is 19.2 Å². The summed E-state index contributed by atoms with van der Waals surface area (Å²) in [7, 11) is 1.55. The maximum Gasteiger partial charge on any atom is 0.259 e. The number of carbonyl (C=O) groups is 1. The van der Waals surface area contributed by atoms with Gasteiger partial charge in [-0.05, 0) is 57.1 Å². The Morgan fingerprint density at radius 2 is 2.06 bits per heavy atom. The van der Waals surface area contributed by atoms with Gasteiger partial charge in [-0.3, -0.25) is 25.0 Å². The maximum atomic E-state index is 13.0. The van der Waals surface area contributed by atoms with Crippen LogP contribution in [0.1, 0.15) is 34.5 Å². The third kappa shape index (κ3) is 4.71. The van der Waals surface area contributed by atoms with E-state index in [2.05, 4.69) is 20.2 Å². The molecule has 0 aliphatic carbocycles. The Balaban J connectivity index is 1.40. The molecule has 10 heteroatoms. The first kappa shape index (κ1) is 23.3. The highest BCUT2D eigenvalue weighted by Gasteiger charge is 2.33. The van der Waals surface area contributed by atoms with Crippen LogP contribution in [0.3, 0.4) is 0 Å². The zero-order valence-corrected chi connectivity index (χ0v) is 20.0. The number of aromatic nitrogens is 1. The molecule has 1 aromatic heterocycles. The molecular weight excluding hydrogens is 448 g/mol. The average molecular weight is 479 g/mol. The highest BCUT2D eigenvalue weighted by atomic mass is 16.5. The molecule has 1 amide bonds. The molecule has 1 fully saturated rings. The molecule has 3 aliphatic rings. The second-order valence-corrected chi connectivity index (χ2v) is 8.85. The van der Waals surface area contributed by atoms with Crippen LogP contribution < -0.4 is 14.8 Å². The number of nitrogens with zero attached hydrogens (tertiary/aromatic N) is 5. The van der Waals surface area contributed by atoms with Crippen molar-refractivity contribution in [2.45, 2.75) is 25.9 Å². The van der Waals surface area contributed by atoms with Crippen LogP contribution in [0.5, 0.6) is 11.5 Å². The summed E-state index contributed by atoms with van der Waals surface area (Å²) in [4.78, 5) is 30.7. The number of carbonyl (C=O) groups excluding carboxylic acids is 1. The molecule has 0 bridgehead atoms. The Hall–Kier alpha value is -3.50. The minimum Gasteiger partial charge on any atom is -0.491 e. The van der Waals surface area contributed by atoms with E-state index in [1.165, 1.54) is 12.8 Å². The Morgan fingerprint density at radius 1 is 1.23 bits per heavy atom. The third-order valence-electron chi connectivity index (χ3n) is 6.43. The van der Waals surface area contributed by atoms with Gasteiger partial charge in [0, 0.05) is 30.5 Å². The van der Waals surface area contributed by atoms with Crippen molar-refractivity contribution in [3.63, 3.8) is 0 Å². The van der Waals surface area contributed by atoms with E-state index in [1.807, 2.05) is 17.0 Å². The highest BCUT2D eigenvalue weighted by molar-refractivity contribution is 6.20. The third-order valence-corrected chi connectivity index (χ3v) is 6.43. The number of rotatable bonds is 7. The van der Waals surface area contributed by atoms with Gasteiger partial charge < -0.3 is 19.5 Å². The summed E-state index contributed by atoms with van der Waals surface area (Å²) < 4.78 is 11.7. The molecule has 3 aliphatic heterocycles. The second-order valence-electron chi connectivity index (χ2n) is 8.85. The standard InChI is InChI=1S/C25H30N6O4/c1-16-18(6-5-9-26-16)24(33)29-25-28-21-19(23-27-10-13-31(23)25)7-8-20(22(21)34-2)35-15-17(32)14-30-11-3-4-12-30/h5-9,17,32H,3-4,10-15H2,1-2H3,(H,28,29,33)/t17-/m0/s1. The van der Waals surface area contributed by atoms with E-state index in [1.54, 1.807) is 32.4 Å². The van der Waals surface area contributed by atoms with Gasteiger partial charge in [-0.25, -0.2) is 4.99 Å². The van der Waals surface area contributed by atoms with E-state index in [0.717, 1.165) is 24.5 Å². The lowest BCUT2D eigenvalue weighted by Crippen LogP contribution is -2.47. The lowest BCUT2D eigenvalue weighted by Gasteiger charge is -2.29. The van der Waals surface area contributed by atoms with Gasteiger partial charge in [-0.2, -0.15) is 0 Å². The van der Waals surface area contributed by atoms with Crippen LogP contribution in [0.4, 0.5) is 5.69 Å². The van der Waals surface area contributed by atoms with Gasteiger partial charge in [0.25, 0.3) is 5.91 Å². The summed E-state index contributed by atoms with van der Waals surface area (Å²) >= 11 is 0. The van der Waals surface area contributed by atoms with Gasteiger partial charge in [0.15, 0.2) is 11.5 Å². The lowest BCUT2D eigenvalue weighted by atomic mass is 10.1. The van der Waals surface area contributed by atoms with Crippen LogP contribution >= 0.6 is 0 Å². The number of fused-ring (bicyclic) bond motifs is 3. The highest BCUT2D eigenvalue weighted by Crippen LogP contribution is 2.43. The summed E-state index contributed by atoms with van der Waals surface area (Å²) in [5.74, 6) is 1.74. The smallest absolute Gasteiger partial charge is 0.259 e. The minimum absolute atomic E-state index is 0.145. The first-order valence-corrected chi connectivity index (χ1v) is 11.9. The molecule has 184 valence electrons. The van der Waals surface area contributed by atoms with Crippen LogP contribution in [-0.4, -0.2) is 90.1 Å². The summed E-state index contributed by atoms with van der Waals surface area (Å²) in [6.07, 6.45) is 3.39. The van der Waals surface area contributed by atoms with E-state index in [9.17, 15) is 9.90 Å². The summed E-state index contributed by atoms with van der Waals surface area (Å²) in [6, 6.07) is 7.17. The number of hydrogen-bond donors (Lipinski definition) is 2. The molecule has 1 atom stereocenters. The van der Waals surface area contributed by atoms with Crippen molar-refractivity contribution < 1.29 is 19.4 Å². The average Bonchev–Trinajstić information content (AvgIpc) is 3.55. The predicted molar refractivity (Wildman–Crippen MR) is 132 cm³/mol. The number of methoxy groups -OCH3 is 1. The van der Waals surface area contributed by atoms with Crippen molar-refractivity contribution in [3.05, 3.63) is 47.3 Å². The first-order valence-electron chi connectivity index (χ1n) is 11.9. The van der Waals surface area contributed by atoms with E-state index in [4.69, 9.17) is 14.5 Å². The van der Waals surface area contributed by atoms with Crippen molar-refractivity contribution in [1.29, 1.82) is 0 Å². The monoisotopic (exact) mass is 478 g/mol. The number of β-amino-alcohol motifs (C(OH)–C–C–N with tert-alkyl or cyclic N) is 1. The van der Waals surface area contributed by atoms with E-state index >= 15 is 0 Å². The number of benzene rings is 1. The molecule has 0 spiro atoms. The minimum atomic E-state index is -0.607. The largest absolute Gasteiger partial charge is 0.491 e. The number of aliphatic hydroxyl groups is 1. The number of guanidine groups is 1. The molecule has 1 saturated heterocycles. The summed E-state index contributed by atoms with van der Waals surface area (Å²) in [5.41, 5.74) is 2.46. The quantitative estimate of drug-likeness (QED) is 0.623. The fraction of sp³-hybridized carbons (Fsp3) is 0.440. The molecule has 5 rings (SSSR count). The van der Waals surface area contributed by atoms with E-state index in [0.29, 0.717) is 54.0 Å². The number of amidine groups is 1.